The van der Waals surface area contributed by atoms with Crippen molar-refractivity contribution >= 4 is 5.97 Å². The van der Waals surface area contributed by atoms with E-state index in [1.165, 1.54) is 45.0 Å². The van der Waals surface area contributed by atoms with Crippen molar-refractivity contribution in [1.82, 2.24) is 9.80 Å². The highest BCUT2D eigenvalue weighted by molar-refractivity contribution is 5.69. The average Bonchev–Trinajstić information content (AvgIpc) is 2.88. The summed E-state index contributed by atoms with van der Waals surface area (Å²) in [5.41, 5.74) is 1.28. The fourth-order valence-corrected chi connectivity index (χ4v) is 3.53. The number of benzene rings is 1. The molecule has 0 saturated carbocycles. The molecule has 2 saturated heterocycles. The predicted molar refractivity (Wildman–Crippen MR) is 82.2 cm³/mol. The zero-order valence-corrected chi connectivity index (χ0v) is 12.9. The third kappa shape index (κ3) is 3.44. The standard InChI is InChI=1S/C17H24N2O2/c1-13-10-18-9-3-4-16(18)12-19(13)11-15-5-7-17(8-6-15)21-14(2)20/h5-8,13,16H,3-4,9-12H2,1-2H3/t13-,16?/m1/s1. The summed E-state index contributed by atoms with van der Waals surface area (Å²) in [7, 11) is 0. The highest BCUT2D eigenvalue weighted by atomic mass is 16.5. The number of piperazine rings is 1. The second-order valence-corrected chi connectivity index (χ2v) is 6.31. The molecule has 114 valence electrons. The minimum Gasteiger partial charge on any atom is -0.427 e. The van der Waals surface area contributed by atoms with E-state index in [9.17, 15) is 4.79 Å². The quantitative estimate of drug-likeness (QED) is 0.631. The highest BCUT2D eigenvalue weighted by Crippen LogP contribution is 2.26. The Morgan fingerprint density at radius 3 is 2.76 bits per heavy atom. The van der Waals surface area contributed by atoms with Gasteiger partial charge in [-0.25, -0.2) is 0 Å². The molecule has 0 bridgehead atoms. The molecule has 0 spiro atoms. The first-order chi connectivity index (χ1) is 10.1. The number of esters is 1. The maximum Gasteiger partial charge on any atom is 0.308 e. The summed E-state index contributed by atoms with van der Waals surface area (Å²) >= 11 is 0. The Kier molecular flexibility index (Phi) is 4.27. The van der Waals surface area contributed by atoms with Crippen LogP contribution in [0.3, 0.4) is 0 Å². The van der Waals surface area contributed by atoms with Crippen molar-refractivity contribution in [2.24, 2.45) is 0 Å². The van der Waals surface area contributed by atoms with Crippen LogP contribution in [0.4, 0.5) is 0 Å². The van der Waals surface area contributed by atoms with E-state index in [1.807, 2.05) is 12.1 Å². The van der Waals surface area contributed by atoms with Crippen LogP contribution in [0.25, 0.3) is 0 Å². The van der Waals surface area contributed by atoms with Crippen LogP contribution in [0.15, 0.2) is 24.3 Å². The van der Waals surface area contributed by atoms with Crippen molar-refractivity contribution in [2.45, 2.75) is 45.3 Å². The first-order valence-electron chi connectivity index (χ1n) is 7.87. The molecule has 2 heterocycles. The van der Waals surface area contributed by atoms with E-state index in [0.29, 0.717) is 11.8 Å². The topological polar surface area (TPSA) is 32.8 Å². The summed E-state index contributed by atoms with van der Waals surface area (Å²) in [4.78, 5) is 16.1. The van der Waals surface area contributed by atoms with E-state index >= 15 is 0 Å². The molecule has 21 heavy (non-hydrogen) atoms. The van der Waals surface area contributed by atoms with Gasteiger partial charge in [0.1, 0.15) is 5.75 Å². The van der Waals surface area contributed by atoms with Gasteiger partial charge >= 0.3 is 5.97 Å². The Hall–Kier alpha value is -1.39. The van der Waals surface area contributed by atoms with Gasteiger partial charge in [-0.05, 0) is 44.0 Å². The lowest BCUT2D eigenvalue weighted by Crippen LogP contribution is -2.54. The van der Waals surface area contributed by atoms with Crippen LogP contribution in [-0.4, -0.2) is 47.5 Å². The van der Waals surface area contributed by atoms with Gasteiger partial charge in [0.25, 0.3) is 0 Å². The van der Waals surface area contributed by atoms with Gasteiger partial charge < -0.3 is 4.74 Å². The van der Waals surface area contributed by atoms with Crippen molar-refractivity contribution in [3.8, 4) is 5.75 Å². The third-order valence-corrected chi connectivity index (χ3v) is 4.64. The zero-order valence-electron chi connectivity index (χ0n) is 12.9. The van der Waals surface area contributed by atoms with Crippen LogP contribution < -0.4 is 4.74 Å². The molecule has 1 aromatic carbocycles. The zero-order chi connectivity index (χ0) is 14.8. The normalized spacial score (nSPS) is 26.6. The summed E-state index contributed by atoms with van der Waals surface area (Å²) in [6, 6.07) is 9.24. The minimum absolute atomic E-state index is 0.270. The van der Waals surface area contributed by atoms with Gasteiger partial charge in [0.15, 0.2) is 0 Å². The van der Waals surface area contributed by atoms with Gasteiger partial charge in [0.2, 0.25) is 0 Å². The predicted octanol–water partition coefficient (Wildman–Crippen LogP) is 2.28. The largest absolute Gasteiger partial charge is 0.427 e. The molecule has 3 rings (SSSR count). The van der Waals surface area contributed by atoms with E-state index in [1.54, 1.807) is 0 Å². The van der Waals surface area contributed by atoms with E-state index < -0.39 is 0 Å². The van der Waals surface area contributed by atoms with Gasteiger partial charge in [-0.15, -0.1) is 0 Å². The van der Waals surface area contributed by atoms with E-state index in [-0.39, 0.29) is 5.97 Å². The van der Waals surface area contributed by atoms with Gasteiger partial charge in [0.05, 0.1) is 0 Å². The van der Waals surface area contributed by atoms with Gasteiger partial charge in [0, 0.05) is 38.6 Å². The number of ether oxygens (including phenoxy) is 1. The molecule has 4 heteroatoms. The molecule has 0 amide bonds. The molecular weight excluding hydrogens is 264 g/mol. The molecule has 2 aliphatic rings. The van der Waals surface area contributed by atoms with Crippen LogP contribution in [0, 0.1) is 0 Å². The van der Waals surface area contributed by atoms with Crippen LogP contribution in [0.1, 0.15) is 32.3 Å². The maximum absolute atomic E-state index is 10.9. The molecule has 1 unspecified atom stereocenters. The molecular formula is C17H24N2O2. The number of carbonyl (C=O) groups is 1. The van der Waals surface area contributed by atoms with Crippen molar-refractivity contribution < 1.29 is 9.53 Å². The molecule has 1 aromatic rings. The second-order valence-electron chi connectivity index (χ2n) is 6.31. The number of fused-ring (bicyclic) bond motifs is 1. The Morgan fingerprint density at radius 2 is 2.05 bits per heavy atom. The smallest absolute Gasteiger partial charge is 0.308 e. The third-order valence-electron chi connectivity index (χ3n) is 4.64. The molecule has 0 aromatic heterocycles. The molecule has 0 aliphatic carbocycles. The number of carbonyl (C=O) groups excluding carboxylic acids is 1. The number of nitrogens with zero attached hydrogens (tertiary/aromatic N) is 2. The number of hydrogen-bond acceptors (Lipinski definition) is 4. The summed E-state index contributed by atoms with van der Waals surface area (Å²) in [5.74, 6) is 0.355. The van der Waals surface area contributed by atoms with Crippen LogP contribution in [-0.2, 0) is 11.3 Å². The fraction of sp³-hybridized carbons (Fsp3) is 0.588. The average molecular weight is 288 g/mol. The SMILES string of the molecule is CC(=O)Oc1ccc(CN2CC3CCCN3C[C@H]2C)cc1. The second kappa shape index (κ2) is 6.16. The monoisotopic (exact) mass is 288 g/mol. The first kappa shape index (κ1) is 14.5. The first-order valence-corrected chi connectivity index (χ1v) is 7.87. The minimum atomic E-state index is -0.270. The molecule has 2 fully saturated rings. The summed E-state index contributed by atoms with van der Waals surface area (Å²) in [6.45, 7) is 8.37. The van der Waals surface area contributed by atoms with E-state index in [4.69, 9.17) is 4.74 Å². The summed E-state index contributed by atoms with van der Waals surface area (Å²) in [6.07, 6.45) is 2.69. The molecule has 0 N–H and O–H groups in total. The van der Waals surface area contributed by atoms with Gasteiger partial charge in [-0.3, -0.25) is 14.6 Å². The maximum atomic E-state index is 10.9. The van der Waals surface area contributed by atoms with Crippen LogP contribution >= 0.6 is 0 Å². The summed E-state index contributed by atoms with van der Waals surface area (Å²) < 4.78 is 5.08. The Labute approximate surface area is 126 Å². The number of rotatable bonds is 3. The van der Waals surface area contributed by atoms with Gasteiger partial charge in [-0.2, -0.15) is 0 Å². The molecule has 0 radical (unpaired) electrons. The summed E-state index contributed by atoms with van der Waals surface area (Å²) in [5, 5.41) is 0. The molecule has 2 aliphatic heterocycles. The lowest BCUT2D eigenvalue weighted by molar-refractivity contribution is -0.131. The van der Waals surface area contributed by atoms with Crippen LogP contribution in [0.5, 0.6) is 5.75 Å². The lowest BCUT2D eigenvalue weighted by Gasteiger charge is -2.42. The Morgan fingerprint density at radius 1 is 1.29 bits per heavy atom. The van der Waals surface area contributed by atoms with Crippen molar-refractivity contribution in [1.29, 1.82) is 0 Å². The van der Waals surface area contributed by atoms with Crippen molar-refractivity contribution in [3.63, 3.8) is 0 Å². The molecule has 2 atom stereocenters. The van der Waals surface area contributed by atoms with Crippen molar-refractivity contribution in [3.05, 3.63) is 29.8 Å². The van der Waals surface area contributed by atoms with Gasteiger partial charge in [-0.1, -0.05) is 12.1 Å². The number of hydrogen-bond donors (Lipinski definition) is 0. The van der Waals surface area contributed by atoms with Crippen molar-refractivity contribution in [2.75, 3.05) is 19.6 Å². The Bertz CT molecular complexity index is 500. The van der Waals surface area contributed by atoms with Crippen LogP contribution in [0.2, 0.25) is 0 Å². The Balaban J connectivity index is 1.61. The van der Waals surface area contributed by atoms with E-state index in [0.717, 1.165) is 12.6 Å². The lowest BCUT2D eigenvalue weighted by atomic mass is 10.1. The fourth-order valence-electron chi connectivity index (χ4n) is 3.53. The van der Waals surface area contributed by atoms with E-state index in [2.05, 4.69) is 28.9 Å². The highest BCUT2D eigenvalue weighted by Gasteiger charge is 2.34. The molecule has 4 nitrogen and oxygen atoms in total.